The van der Waals surface area contributed by atoms with Crippen molar-refractivity contribution in [3.05, 3.63) is 18.1 Å². The van der Waals surface area contributed by atoms with E-state index in [9.17, 15) is 4.79 Å². The van der Waals surface area contributed by atoms with Crippen molar-refractivity contribution in [3.8, 4) is 0 Å². The average Bonchev–Trinajstić information content (AvgIpc) is 2.25. The van der Waals surface area contributed by atoms with Gasteiger partial charge in [-0.05, 0) is 25.7 Å². The second-order valence-electron chi connectivity index (χ2n) is 6.52. The largest absolute Gasteiger partial charge is 0.464 e. The molecular weight excluding hydrogens is 242 g/mol. The van der Waals surface area contributed by atoms with E-state index in [1.54, 1.807) is 6.20 Å². The topological polar surface area (TPSA) is 64.1 Å². The van der Waals surface area contributed by atoms with Crippen LogP contribution in [0.3, 0.4) is 0 Å². The molecule has 1 aromatic rings. The molecule has 5 heteroatoms. The van der Waals surface area contributed by atoms with Crippen molar-refractivity contribution in [2.75, 3.05) is 12.4 Å². The molecule has 0 saturated carbocycles. The third kappa shape index (κ3) is 5.24. The summed E-state index contributed by atoms with van der Waals surface area (Å²) in [6.07, 6.45) is 3.96. The van der Waals surface area contributed by atoms with E-state index in [4.69, 9.17) is 0 Å². The van der Waals surface area contributed by atoms with Gasteiger partial charge in [0.05, 0.1) is 19.5 Å². The van der Waals surface area contributed by atoms with Crippen molar-refractivity contribution in [1.82, 2.24) is 9.97 Å². The summed E-state index contributed by atoms with van der Waals surface area (Å²) >= 11 is 0. The van der Waals surface area contributed by atoms with Gasteiger partial charge in [-0.1, -0.05) is 20.8 Å². The van der Waals surface area contributed by atoms with Gasteiger partial charge in [0.2, 0.25) is 0 Å². The van der Waals surface area contributed by atoms with Crippen molar-refractivity contribution in [2.45, 2.75) is 46.6 Å². The van der Waals surface area contributed by atoms with Gasteiger partial charge in [0.15, 0.2) is 5.69 Å². The zero-order chi connectivity index (χ0) is 14.7. The van der Waals surface area contributed by atoms with E-state index < -0.39 is 5.97 Å². The van der Waals surface area contributed by atoms with Gasteiger partial charge in [-0.3, -0.25) is 0 Å². The van der Waals surface area contributed by atoms with Crippen molar-refractivity contribution in [3.63, 3.8) is 0 Å². The molecule has 0 aliphatic heterocycles. The maximum atomic E-state index is 11.3. The summed E-state index contributed by atoms with van der Waals surface area (Å²) < 4.78 is 4.58. The van der Waals surface area contributed by atoms with Crippen LogP contribution in [0.2, 0.25) is 0 Å². The Bertz CT molecular complexity index is 433. The number of rotatable bonds is 4. The molecule has 1 heterocycles. The summed E-state index contributed by atoms with van der Waals surface area (Å²) in [5.74, 6) is 0.176. The molecular formula is C14H23N3O2. The quantitative estimate of drug-likeness (QED) is 0.848. The zero-order valence-corrected chi connectivity index (χ0v) is 12.6. The molecule has 0 bridgehead atoms. The zero-order valence-electron chi connectivity index (χ0n) is 12.6. The van der Waals surface area contributed by atoms with E-state index in [0.29, 0.717) is 5.82 Å². The highest BCUT2D eigenvalue weighted by Gasteiger charge is 2.25. The van der Waals surface area contributed by atoms with E-state index in [2.05, 4.69) is 54.6 Å². The van der Waals surface area contributed by atoms with E-state index in [0.717, 1.165) is 6.42 Å². The fourth-order valence-electron chi connectivity index (χ4n) is 2.32. The minimum Gasteiger partial charge on any atom is -0.464 e. The Kier molecular flexibility index (Phi) is 4.50. The van der Waals surface area contributed by atoms with Crippen LogP contribution >= 0.6 is 0 Å². The Morgan fingerprint density at radius 1 is 1.21 bits per heavy atom. The number of nitrogens with zero attached hydrogens (tertiary/aromatic N) is 2. The lowest BCUT2D eigenvalue weighted by molar-refractivity contribution is 0.0593. The number of ether oxygens (including phenoxy) is 1. The number of methoxy groups -OCH3 is 1. The molecule has 1 aromatic heterocycles. The fraction of sp³-hybridized carbons (Fsp3) is 0.643. The monoisotopic (exact) mass is 265 g/mol. The predicted octanol–water partition coefficient (Wildman–Crippen LogP) is 2.89. The predicted molar refractivity (Wildman–Crippen MR) is 75.1 cm³/mol. The molecule has 106 valence electrons. The molecule has 1 N–H and O–H groups in total. The molecule has 0 fully saturated rings. The fourth-order valence-corrected chi connectivity index (χ4v) is 2.32. The summed E-state index contributed by atoms with van der Waals surface area (Å²) in [7, 11) is 1.32. The van der Waals surface area contributed by atoms with Gasteiger partial charge in [0, 0.05) is 5.54 Å². The van der Waals surface area contributed by atoms with Crippen molar-refractivity contribution >= 4 is 11.8 Å². The van der Waals surface area contributed by atoms with Crippen LogP contribution in [0.5, 0.6) is 0 Å². The molecule has 0 unspecified atom stereocenters. The van der Waals surface area contributed by atoms with Gasteiger partial charge in [0.1, 0.15) is 5.82 Å². The molecule has 0 aromatic carbocycles. The molecule has 0 radical (unpaired) electrons. The van der Waals surface area contributed by atoms with Gasteiger partial charge >= 0.3 is 5.97 Å². The van der Waals surface area contributed by atoms with E-state index >= 15 is 0 Å². The molecule has 0 amide bonds. The van der Waals surface area contributed by atoms with Gasteiger partial charge in [-0.2, -0.15) is 0 Å². The number of hydrogen-bond donors (Lipinski definition) is 1. The minimum atomic E-state index is -0.479. The van der Waals surface area contributed by atoms with Crippen molar-refractivity contribution in [2.24, 2.45) is 5.41 Å². The Labute approximate surface area is 114 Å². The number of hydrogen-bond acceptors (Lipinski definition) is 5. The van der Waals surface area contributed by atoms with Crippen LogP contribution in [0.15, 0.2) is 12.4 Å². The summed E-state index contributed by atoms with van der Waals surface area (Å²) in [6, 6.07) is 0. The van der Waals surface area contributed by atoms with Crippen LogP contribution in [0, 0.1) is 5.41 Å². The van der Waals surface area contributed by atoms with Gasteiger partial charge in [-0.15, -0.1) is 0 Å². The Hall–Kier alpha value is -1.65. The van der Waals surface area contributed by atoms with Crippen LogP contribution in [0.25, 0.3) is 0 Å². The number of aromatic nitrogens is 2. The Morgan fingerprint density at radius 2 is 1.84 bits per heavy atom. The Morgan fingerprint density at radius 3 is 2.26 bits per heavy atom. The molecule has 0 aliphatic rings. The molecule has 0 saturated heterocycles. The maximum Gasteiger partial charge on any atom is 0.358 e. The van der Waals surface area contributed by atoms with Gasteiger partial charge in [0.25, 0.3) is 0 Å². The molecule has 19 heavy (non-hydrogen) atoms. The van der Waals surface area contributed by atoms with Crippen LogP contribution < -0.4 is 5.32 Å². The number of anilines is 1. The first-order chi connectivity index (χ1) is 8.63. The van der Waals surface area contributed by atoms with Crippen LogP contribution in [-0.4, -0.2) is 28.6 Å². The highest BCUT2D eigenvalue weighted by Crippen LogP contribution is 2.28. The van der Waals surface area contributed by atoms with Crippen molar-refractivity contribution < 1.29 is 9.53 Å². The maximum absolute atomic E-state index is 11.3. The van der Waals surface area contributed by atoms with Gasteiger partial charge < -0.3 is 10.1 Å². The summed E-state index contributed by atoms with van der Waals surface area (Å²) in [5.41, 5.74) is 0.331. The van der Waals surface area contributed by atoms with Crippen LogP contribution in [0.1, 0.15) is 51.5 Å². The highest BCUT2D eigenvalue weighted by atomic mass is 16.5. The number of carbonyl (C=O) groups excluding carboxylic acids is 1. The lowest BCUT2D eigenvalue weighted by atomic mass is 9.82. The molecule has 0 spiro atoms. The second-order valence-corrected chi connectivity index (χ2v) is 6.52. The van der Waals surface area contributed by atoms with Crippen molar-refractivity contribution in [1.29, 1.82) is 0 Å². The van der Waals surface area contributed by atoms with E-state index in [1.165, 1.54) is 13.3 Å². The van der Waals surface area contributed by atoms with Crippen LogP contribution in [-0.2, 0) is 4.74 Å². The first kappa shape index (κ1) is 15.4. The third-order valence-corrected chi connectivity index (χ3v) is 2.49. The lowest BCUT2D eigenvalue weighted by Gasteiger charge is -2.33. The SMILES string of the molecule is COC(=O)c1cnc(NC(C)(C)CC(C)(C)C)cn1. The van der Waals surface area contributed by atoms with E-state index in [1.807, 2.05) is 0 Å². The average molecular weight is 265 g/mol. The lowest BCUT2D eigenvalue weighted by Crippen LogP contribution is -2.35. The molecule has 0 aliphatic carbocycles. The van der Waals surface area contributed by atoms with Crippen LogP contribution in [0.4, 0.5) is 5.82 Å². The minimum absolute atomic E-state index is 0.0975. The second kappa shape index (κ2) is 5.55. The summed E-state index contributed by atoms with van der Waals surface area (Å²) in [6.45, 7) is 10.8. The van der Waals surface area contributed by atoms with E-state index in [-0.39, 0.29) is 16.6 Å². The number of carbonyl (C=O) groups is 1. The first-order valence-electron chi connectivity index (χ1n) is 6.31. The smallest absolute Gasteiger partial charge is 0.358 e. The van der Waals surface area contributed by atoms with Gasteiger partial charge in [-0.25, -0.2) is 14.8 Å². The number of esters is 1. The number of nitrogens with one attached hydrogen (secondary N) is 1. The molecule has 0 atom stereocenters. The molecule has 1 rings (SSSR count). The third-order valence-electron chi connectivity index (χ3n) is 2.49. The first-order valence-corrected chi connectivity index (χ1v) is 6.31. The summed E-state index contributed by atoms with van der Waals surface area (Å²) in [5, 5.41) is 3.33. The standard InChI is InChI=1S/C14H23N3O2/c1-13(2,3)9-14(4,5)17-11-8-15-10(7-16-11)12(18)19-6/h7-8H,9H2,1-6H3,(H,16,17). The summed E-state index contributed by atoms with van der Waals surface area (Å²) in [4.78, 5) is 19.5. The highest BCUT2D eigenvalue weighted by molar-refractivity contribution is 5.86. The molecule has 5 nitrogen and oxygen atoms in total. The normalized spacial score (nSPS) is 12.1. The Balaban J connectivity index is 2.75.